The summed E-state index contributed by atoms with van der Waals surface area (Å²) in [5.74, 6) is 1.32. The van der Waals surface area contributed by atoms with Crippen molar-refractivity contribution in [2.45, 2.75) is 51.9 Å². The molecule has 2 unspecified atom stereocenters. The highest BCUT2D eigenvalue weighted by atomic mass is 35.5. The van der Waals surface area contributed by atoms with Crippen molar-refractivity contribution in [2.75, 3.05) is 6.54 Å². The van der Waals surface area contributed by atoms with E-state index >= 15 is 0 Å². The predicted molar refractivity (Wildman–Crippen MR) is 80.4 cm³/mol. The Hall–Kier alpha value is -0.540. The third-order valence-electron chi connectivity index (χ3n) is 4.58. The molecule has 3 nitrogen and oxygen atoms in total. The highest BCUT2D eigenvalue weighted by Crippen LogP contribution is 2.33. The summed E-state index contributed by atoms with van der Waals surface area (Å²) < 4.78 is 1.97. The number of aryl methyl sites for hydroxylation is 2. The number of hydrogen-bond acceptors (Lipinski definition) is 2. The largest absolute Gasteiger partial charge is 0.330 e. The van der Waals surface area contributed by atoms with Crippen molar-refractivity contribution in [1.82, 2.24) is 9.78 Å². The summed E-state index contributed by atoms with van der Waals surface area (Å²) in [5.41, 5.74) is 8.19. The van der Waals surface area contributed by atoms with Gasteiger partial charge in [0, 0.05) is 7.05 Å². The predicted octanol–water partition coefficient (Wildman–Crippen LogP) is 3.33. The Morgan fingerprint density at radius 3 is 2.53 bits per heavy atom. The fraction of sp³-hybridized carbons (Fsp3) is 0.800. The topological polar surface area (TPSA) is 43.8 Å². The van der Waals surface area contributed by atoms with E-state index in [4.69, 9.17) is 17.3 Å². The van der Waals surface area contributed by atoms with Gasteiger partial charge < -0.3 is 5.73 Å². The van der Waals surface area contributed by atoms with E-state index in [0.717, 1.165) is 30.1 Å². The number of rotatable bonds is 4. The lowest BCUT2D eigenvalue weighted by molar-refractivity contribution is 0.313. The molecule has 1 aliphatic carbocycles. The SMILES string of the molecule is CCc1nn(C)c(CC2CCCCCC2CN)c1Cl. The summed E-state index contributed by atoms with van der Waals surface area (Å²) >= 11 is 6.47. The van der Waals surface area contributed by atoms with Crippen LogP contribution in [0.5, 0.6) is 0 Å². The number of nitrogens with two attached hydrogens (primary N) is 1. The maximum absolute atomic E-state index is 6.47. The molecule has 2 atom stereocenters. The van der Waals surface area contributed by atoms with Gasteiger partial charge in [0.15, 0.2) is 0 Å². The molecule has 1 saturated carbocycles. The smallest absolute Gasteiger partial charge is 0.0849 e. The molecule has 4 heteroatoms. The third kappa shape index (κ3) is 3.32. The van der Waals surface area contributed by atoms with Gasteiger partial charge in [-0.2, -0.15) is 5.10 Å². The molecule has 0 aliphatic heterocycles. The summed E-state index contributed by atoms with van der Waals surface area (Å²) in [6.07, 6.45) is 8.51. The second kappa shape index (κ2) is 6.76. The first-order valence-electron chi connectivity index (χ1n) is 7.57. The van der Waals surface area contributed by atoms with Crippen LogP contribution < -0.4 is 5.73 Å². The first-order valence-corrected chi connectivity index (χ1v) is 7.95. The molecule has 1 fully saturated rings. The van der Waals surface area contributed by atoms with Gasteiger partial charge in [-0.25, -0.2) is 0 Å². The Morgan fingerprint density at radius 1 is 1.26 bits per heavy atom. The summed E-state index contributed by atoms with van der Waals surface area (Å²) in [7, 11) is 2.01. The van der Waals surface area contributed by atoms with Gasteiger partial charge in [0.25, 0.3) is 0 Å². The second-order valence-corrected chi connectivity index (χ2v) is 6.16. The molecule has 19 heavy (non-hydrogen) atoms. The molecule has 0 saturated heterocycles. The van der Waals surface area contributed by atoms with E-state index in [1.54, 1.807) is 0 Å². The summed E-state index contributed by atoms with van der Waals surface area (Å²) in [6, 6.07) is 0. The van der Waals surface area contributed by atoms with Crippen LogP contribution in [0.15, 0.2) is 0 Å². The van der Waals surface area contributed by atoms with Gasteiger partial charge in [-0.3, -0.25) is 4.68 Å². The molecule has 108 valence electrons. The molecule has 2 N–H and O–H groups in total. The van der Waals surface area contributed by atoms with Gasteiger partial charge in [-0.1, -0.05) is 37.8 Å². The first kappa shape index (κ1) is 14.9. The van der Waals surface area contributed by atoms with E-state index in [1.165, 1.54) is 37.8 Å². The van der Waals surface area contributed by atoms with E-state index in [1.807, 2.05) is 11.7 Å². The van der Waals surface area contributed by atoms with E-state index in [-0.39, 0.29) is 0 Å². The minimum Gasteiger partial charge on any atom is -0.330 e. The number of hydrogen-bond donors (Lipinski definition) is 1. The minimum atomic E-state index is 0.651. The third-order valence-corrected chi connectivity index (χ3v) is 5.01. The van der Waals surface area contributed by atoms with Crippen molar-refractivity contribution in [1.29, 1.82) is 0 Å². The fourth-order valence-electron chi connectivity index (χ4n) is 3.33. The molecule has 0 amide bonds. The van der Waals surface area contributed by atoms with E-state index < -0.39 is 0 Å². The van der Waals surface area contributed by atoms with Gasteiger partial charge in [-0.15, -0.1) is 0 Å². The molecule has 0 radical (unpaired) electrons. The van der Waals surface area contributed by atoms with Gasteiger partial charge in [-0.05, 0) is 44.1 Å². The molecule has 0 aromatic carbocycles. The van der Waals surface area contributed by atoms with Crippen LogP contribution in [0.3, 0.4) is 0 Å². The summed E-state index contributed by atoms with van der Waals surface area (Å²) in [4.78, 5) is 0. The molecular weight excluding hydrogens is 258 g/mol. The average Bonchev–Trinajstić information content (AvgIpc) is 2.60. The van der Waals surface area contributed by atoms with Crippen LogP contribution in [0.2, 0.25) is 5.02 Å². The monoisotopic (exact) mass is 283 g/mol. The van der Waals surface area contributed by atoms with Crippen LogP contribution in [-0.4, -0.2) is 16.3 Å². The van der Waals surface area contributed by atoms with Crippen molar-refractivity contribution in [3.63, 3.8) is 0 Å². The fourth-order valence-corrected chi connectivity index (χ4v) is 3.70. The van der Waals surface area contributed by atoms with Crippen molar-refractivity contribution in [2.24, 2.45) is 24.6 Å². The molecule has 0 bridgehead atoms. The Balaban J connectivity index is 2.16. The van der Waals surface area contributed by atoms with Gasteiger partial charge >= 0.3 is 0 Å². The van der Waals surface area contributed by atoms with E-state index in [9.17, 15) is 0 Å². The lowest BCUT2D eigenvalue weighted by Gasteiger charge is -2.23. The Labute approximate surface area is 121 Å². The van der Waals surface area contributed by atoms with Crippen LogP contribution in [0.4, 0.5) is 0 Å². The number of aromatic nitrogens is 2. The minimum absolute atomic E-state index is 0.651. The Kier molecular flexibility index (Phi) is 5.28. The quantitative estimate of drug-likeness (QED) is 0.862. The maximum Gasteiger partial charge on any atom is 0.0849 e. The van der Waals surface area contributed by atoms with Gasteiger partial charge in [0.2, 0.25) is 0 Å². The number of halogens is 1. The molecule has 1 aliphatic rings. The van der Waals surface area contributed by atoms with Crippen LogP contribution in [0.25, 0.3) is 0 Å². The van der Waals surface area contributed by atoms with Crippen LogP contribution in [0.1, 0.15) is 50.4 Å². The number of nitrogens with zero attached hydrogens (tertiary/aromatic N) is 2. The standard InChI is InChI=1S/C15H26ClN3/c1-3-13-15(16)14(19(2)18-13)9-11-7-5-4-6-8-12(11)10-17/h11-12H,3-10,17H2,1-2H3. The zero-order chi connectivity index (χ0) is 13.8. The molecular formula is C15H26ClN3. The van der Waals surface area contributed by atoms with Gasteiger partial charge in [0.05, 0.1) is 16.4 Å². The zero-order valence-corrected chi connectivity index (χ0v) is 12.9. The van der Waals surface area contributed by atoms with Crippen molar-refractivity contribution < 1.29 is 0 Å². The van der Waals surface area contributed by atoms with Crippen molar-refractivity contribution in [3.8, 4) is 0 Å². The van der Waals surface area contributed by atoms with Crippen molar-refractivity contribution in [3.05, 3.63) is 16.4 Å². The van der Waals surface area contributed by atoms with Crippen LogP contribution >= 0.6 is 11.6 Å². The highest BCUT2D eigenvalue weighted by molar-refractivity contribution is 6.31. The van der Waals surface area contributed by atoms with Crippen molar-refractivity contribution >= 4 is 11.6 Å². The maximum atomic E-state index is 6.47. The molecule has 0 spiro atoms. The van der Waals surface area contributed by atoms with E-state index in [0.29, 0.717) is 11.8 Å². The zero-order valence-electron chi connectivity index (χ0n) is 12.2. The molecule has 1 aromatic rings. The summed E-state index contributed by atoms with van der Waals surface area (Å²) in [6.45, 7) is 2.91. The lowest BCUT2D eigenvalue weighted by Crippen LogP contribution is -2.25. The molecule has 1 heterocycles. The average molecular weight is 284 g/mol. The Bertz CT molecular complexity index is 414. The Morgan fingerprint density at radius 2 is 1.95 bits per heavy atom. The second-order valence-electron chi connectivity index (χ2n) is 5.78. The van der Waals surface area contributed by atoms with E-state index in [2.05, 4.69) is 12.0 Å². The highest BCUT2D eigenvalue weighted by Gasteiger charge is 2.25. The normalized spacial score (nSPS) is 24.4. The van der Waals surface area contributed by atoms with Crippen LogP contribution in [-0.2, 0) is 19.9 Å². The molecule has 1 aromatic heterocycles. The first-order chi connectivity index (χ1) is 9.17. The molecule has 2 rings (SSSR count). The summed E-state index contributed by atoms with van der Waals surface area (Å²) in [5, 5.41) is 5.40. The van der Waals surface area contributed by atoms with Gasteiger partial charge in [0.1, 0.15) is 0 Å². The van der Waals surface area contributed by atoms with Crippen LogP contribution in [0, 0.1) is 11.8 Å². The lowest BCUT2D eigenvalue weighted by atomic mass is 9.84.